The number of imidazole rings is 1. The Labute approximate surface area is 121 Å². The van der Waals surface area contributed by atoms with Gasteiger partial charge in [0.05, 0.1) is 5.69 Å². The Morgan fingerprint density at radius 2 is 2.00 bits per heavy atom. The van der Waals surface area contributed by atoms with Crippen molar-refractivity contribution >= 4 is 11.6 Å². The van der Waals surface area contributed by atoms with Crippen LogP contribution >= 0.6 is 11.6 Å². The first-order valence-corrected chi connectivity index (χ1v) is 7.75. The molecule has 1 aromatic heterocycles. The highest BCUT2D eigenvalue weighted by molar-refractivity contribution is 6.30. The van der Waals surface area contributed by atoms with Crippen LogP contribution in [0, 0.1) is 0 Å². The zero-order valence-corrected chi connectivity index (χ0v) is 13.2. The number of halogens is 1. The first kappa shape index (κ1) is 16.5. The summed E-state index contributed by atoms with van der Waals surface area (Å²) in [4.78, 5) is 10.1. The first-order chi connectivity index (χ1) is 9.21. The Kier molecular flexibility index (Phi) is 8.10. The summed E-state index contributed by atoms with van der Waals surface area (Å²) in [7, 11) is 0. The molecule has 0 aliphatic carbocycles. The molecule has 1 rings (SSSR count). The van der Waals surface area contributed by atoms with Crippen LogP contribution in [0.3, 0.4) is 0 Å². The van der Waals surface area contributed by atoms with E-state index in [-0.39, 0.29) is 0 Å². The third-order valence-corrected chi connectivity index (χ3v) is 3.66. The van der Waals surface area contributed by atoms with Crippen LogP contribution in [0.5, 0.6) is 0 Å². The minimum absolute atomic E-state index is 0.612. The predicted octanol–water partition coefficient (Wildman–Crippen LogP) is 2.84. The molecule has 1 heterocycles. The zero-order chi connectivity index (χ0) is 14.1. The molecule has 19 heavy (non-hydrogen) atoms. The summed E-state index contributed by atoms with van der Waals surface area (Å²) >= 11 is 6.13. The number of likely N-dealkylation sites (N-methyl/N-ethyl adjacent to an activating group) is 1. The Morgan fingerprint density at radius 3 is 2.63 bits per heavy atom. The fourth-order valence-electron chi connectivity index (χ4n) is 2.01. The molecular weight excluding hydrogens is 260 g/mol. The number of unbranched alkanes of at least 4 members (excludes halogenated alkanes) is 1. The van der Waals surface area contributed by atoms with E-state index in [2.05, 4.69) is 41.0 Å². The van der Waals surface area contributed by atoms with Gasteiger partial charge >= 0.3 is 0 Å². The lowest BCUT2D eigenvalue weighted by atomic mass is 10.2. The molecule has 0 saturated carbocycles. The van der Waals surface area contributed by atoms with Gasteiger partial charge in [0.25, 0.3) is 0 Å². The number of aromatic amines is 1. The summed E-state index contributed by atoms with van der Waals surface area (Å²) < 4.78 is 0. The van der Waals surface area contributed by atoms with E-state index >= 15 is 0 Å². The van der Waals surface area contributed by atoms with E-state index in [1.165, 1.54) is 6.42 Å². The van der Waals surface area contributed by atoms with E-state index in [9.17, 15) is 0 Å². The van der Waals surface area contributed by atoms with E-state index in [0.717, 1.165) is 57.1 Å². The maximum absolute atomic E-state index is 6.13. The SMILES string of the molecule is CCCCc1nc(Cl)c(CNCCN(CC)CC)[nH]1. The van der Waals surface area contributed by atoms with E-state index in [1.54, 1.807) is 0 Å². The van der Waals surface area contributed by atoms with Gasteiger partial charge in [-0.25, -0.2) is 4.98 Å². The van der Waals surface area contributed by atoms with E-state index in [1.807, 2.05) is 0 Å². The highest BCUT2D eigenvalue weighted by Crippen LogP contribution is 2.13. The van der Waals surface area contributed by atoms with Crippen molar-refractivity contribution in [3.8, 4) is 0 Å². The Balaban J connectivity index is 2.30. The summed E-state index contributed by atoms with van der Waals surface area (Å²) in [6, 6.07) is 0. The molecule has 2 N–H and O–H groups in total. The number of H-pyrrole nitrogens is 1. The number of aryl methyl sites for hydroxylation is 1. The monoisotopic (exact) mass is 286 g/mol. The number of aromatic nitrogens is 2. The average Bonchev–Trinajstić information content (AvgIpc) is 2.77. The van der Waals surface area contributed by atoms with Crippen molar-refractivity contribution in [2.45, 2.75) is 46.6 Å². The normalized spacial score (nSPS) is 11.4. The van der Waals surface area contributed by atoms with Gasteiger partial charge in [-0.3, -0.25) is 0 Å². The smallest absolute Gasteiger partial charge is 0.151 e. The van der Waals surface area contributed by atoms with Gasteiger partial charge in [-0.05, 0) is 19.5 Å². The first-order valence-electron chi connectivity index (χ1n) is 7.37. The minimum atomic E-state index is 0.612. The molecule has 0 fully saturated rings. The summed E-state index contributed by atoms with van der Waals surface area (Å²) in [5, 5.41) is 4.03. The molecule has 0 spiro atoms. The molecule has 1 aromatic rings. The third kappa shape index (κ3) is 5.93. The van der Waals surface area contributed by atoms with Crippen LogP contribution in [0.4, 0.5) is 0 Å². The quantitative estimate of drug-likeness (QED) is 0.650. The van der Waals surface area contributed by atoms with E-state index in [4.69, 9.17) is 11.6 Å². The van der Waals surface area contributed by atoms with Gasteiger partial charge in [0.1, 0.15) is 5.82 Å². The fourth-order valence-corrected chi connectivity index (χ4v) is 2.23. The Bertz CT molecular complexity index is 347. The molecule has 0 bridgehead atoms. The van der Waals surface area contributed by atoms with Crippen molar-refractivity contribution in [3.63, 3.8) is 0 Å². The van der Waals surface area contributed by atoms with Crippen LogP contribution < -0.4 is 5.32 Å². The standard InChI is InChI=1S/C14H27ClN4/c1-4-7-8-13-17-12(14(15)18-13)11-16-9-10-19(5-2)6-3/h16H,4-11H2,1-3H3,(H,17,18). The zero-order valence-electron chi connectivity index (χ0n) is 12.4. The molecule has 0 radical (unpaired) electrons. The summed E-state index contributed by atoms with van der Waals surface area (Å²) in [6.07, 6.45) is 3.31. The fraction of sp³-hybridized carbons (Fsp3) is 0.786. The van der Waals surface area contributed by atoms with Crippen molar-refractivity contribution in [2.75, 3.05) is 26.2 Å². The van der Waals surface area contributed by atoms with Crippen molar-refractivity contribution < 1.29 is 0 Å². The van der Waals surface area contributed by atoms with Gasteiger partial charge in [-0.15, -0.1) is 0 Å². The Morgan fingerprint density at radius 1 is 1.26 bits per heavy atom. The predicted molar refractivity (Wildman–Crippen MR) is 81.7 cm³/mol. The van der Waals surface area contributed by atoms with Gasteiger partial charge in [-0.2, -0.15) is 0 Å². The van der Waals surface area contributed by atoms with Gasteiger partial charge in [-0.1, -0.05) is 38.8 Å². The minimum Gasteiger partial charge on any atom is -0.344 e. The van der Waals surface area contributed by atoms with Gasteiger partial charge in [0.15, 0.2) is 5.15 Å². The van der Waals surface area contributed by atoms with Crippen molar-refractivity contribution in [1.29, 1.82) is 0 Å². The maximum Gasteiger partial charge on any atom is 0.151 e. The van der Waals surface area contributed by atoms with E-state index in [0.29, 0.717) is 5.15 Å². The Hall–Kier alpha value is -0.580. The highest BCUT2D eigenvalue weighted by Gasteiger charge is 2.07. The van der Waals surface area contributed by atoms with Crippen molar-refractivity contribution in [2.24, 2.45) is 0 Å². The number of nitrogens with one attached hydrogen (secondary N) is 2. The van der Waals surface area contributed by atoms with Gasteiger partial charge < -0.3 is 15.2 Å². The van der Waals surface area contributed by atoms with Crippen LogP contribution in [-0.4, -0.2) is 41.0 Å². The lowest BCUT2D eigenvalue weighted by Gasteiger charge is -2.17. The molecule has 110 valence electrons. The van der Waals surface area contributed by atoms with Crippen molar-refractivity contribution in [3.05, 3.63) is 16.7 Å². The largest absolute Gasteiger partial charge is 0.344 e. The molecule has 5 heteroatoms. The molecular formula is C14H27ClN4. The van der Waals surface area contributed by atoms with Gasteiger partial charge in [0, 0.05) is 26.1 Å². The van der Waals surface area contributed by atoms with Crippen LogP contribution in [0.2, 0.25) is 5.15 Å². The molecule has 0 unspecified atom stereocenters. The lowest BCUT2D eigenvalue weighted by molar-refractivity contribution is 0.302. The second-order valence-corrected chi connectivity index (χ2v) is 5.12. The molecule has 0 saturated heterocycles. The number of rotatable bonds is 10. The molecule has 0 aliphatic rings. The van der Waals surface area contributed by atoms with Crippen LogP contribution in [-0.2, 0) is 13.0 Å². The second kappa shape index (κ2) is 9.34. The summed E-state index contributed by atoms with van der Waals surface area (Å²) in [5.41, 5.74) is 1.01. The van der Waals surface area contributed by atoms with Gasteiger partial charge in [0.2, 0.25) is 0 Å². The van der Waals surface area contributed by atoms with Crippen LogP contribution in [0.15, 0.2) is 0 Å². The molecule has 4 nitrogen and oxygen atoms in total. The highest BCUT2D eigenvalue weighted by atomic mass is 35.5. The number of hydrogen-bond acceptors (Lipinski definition) is 3. The molecule has 0 aromatic carbocycles. The van der Waals surface area contributed by atoms with E-state index < -0.39 is 0 Å². The summed E-state index contributed by atoms with van der Waals surface area (Å²) in [6.45, 7) is 11.6. The molecule has 0 atom stereocenters. The summed E-state index contributed by atoms with van der Waals surface area (Å²) in [5.74, 6) is 1.01. The topological polar surface area (TPSA) is 44.0 Å². The lowest BCUT2D eigenvalue weighted by Crippen LogP contribution is -2.31. The van der Waals surface area contributed by atoms with Crippen LogP contribution in [0.25, 0.3) is 0 Å². The maximum atomic E-state index is 6.13. The average molecular weight is 287 g/mol. The molecule has 0 aliphatic heterocycles. The third-order valence-electron chi connectivity index (χ3n) is 3.35. The number of nitrogens with zero attached hydrogens (tertiary/aromatic N) is 2. The second-order valence-electron chi connectivity index (χ2n) is 4.76. The van der Waals surface area contributed by atoms with Crippen molar-refractivity contribution in [1.82, 2.24) is 20.2 Å². The number of hydrogen-bond donors (Lipinski definition) is 2. The molecule has 0 amide bonds. The van der Waals surface area contributed by atoms with Crippen LogP contribution in [0.1, 0.15) is 45.1 Å².